The Hall–Kier alpha value is -2.14. The van der Waals surface area contributed by atoms with Gasteiger partial charge in [-0.1, -0.05) is 6.42 Å². The van der Waals surface area contributed by atoms with Gasteiger partial charge in [-0.3, -0.25) is 4.79 Å². The third-order valence-corrected chi connectivity index (χ3v) is 4.88. The molecular weight excluding hydrogens is 272 g/mol. The lowest BCUT2D eigenvalue weighted by atomic mass is 9.50. The van der Waals surface area contributed by atoms with Crippen LogP contribution in [0.3, 0.4) is 0 Å². The summed E-state index contributed by atoms with van der Waals surface area (Å²) in [4.78, 5) is 12.1. The van der Waals surface area contributed by atoms with Crippen molar-refractivity contribution in [3.05, 3.63) is 0 Å². The monoisotopic (exact) mass is 288 g/mol. The van der Waals surface area contributed by atoms with Crippen LogP contribution in [0.2, 0.25) is 0 Å². The lowest BCUT2D eigenvalue weighted by molar-refractivity contribution is -0.332. The molecule has 0 radical (unpaired) electrons. The van der Waals surface area contributed by atoms with Gasteiger partial charge in [0.15, 0.2) is 16.6 Å². The van der Waals surface area contributed by atoms with E-state index < -0.39 is 34.5 Å². The van der Waals surface area contributed by atoms with Crippen molar-refractivity contribution in [2.75, 3.05) is 0 Å². The minimum atomic E-state index is -2.09. The largest absolute Gasteiger partial charge is 0.368 e. The summed E-state index contributed by atoms with van der Waals surface area (Å²) < 4.78 is 5.53. The molecule has 21 heavy (non-hydrogen) atoms. The Morgan fingerprint density at radius 2 is 1.90 bits per heavy atom. The van der Waals surface area contributed by atoms with E-state index in [0.717, 1.165) is 0 Å². The van der Waals surface area contributed by atoms with Crippen LogP contribution in [0.25, 0.3) is 0 Å². The van der Waals surface area contributed by atoms with Crippen LogP contribution in [-0.2, 0) is 9.53 Å². The van der Waals surface area contributed by atoms with Gasteiger partial charge >= 0.3 is 0 Å². The van der Waals surface area contributed by atoms with Crippen molar-refractivity contribution >= 4 is 5.91 Å². The van der Waals surface area contributed by atoms with E-state index in [1.54, 1.807) is 18.2 Å². The fraction of sp³-hybridized carbons (Fsp3) is 0.714. The number of carbonyl (C=O) groups excluding carboxylic acids is 1. The second kappa shape index (κ2) is 4.70. The van der Waals surface area contributed by atoms with Crippen LogP contribution in [0, 0.1) is 50.7 Å². The maximum atomic E-state index is 12.1. The maximum Gasteiger partial charge on any atom is 0.241 e. The number of hydrogen-bond donors (Lipinski definition) is 2. The van der Waals surface area contributed by atoms with E-state index in [-0.39, 0.29) is 6.42 Å². The first kappa shape index (κ1) is 15.3. The molecule has 1 saturated carbocycles. The van der Waals surface area contributed by atoms with Crippen molar-refractivity contribution < 1.29 is 14.6 Å². The van der Waals surface area contributed by atoms with Gasteiger partial charge < -0.3 is 15.6 Å². The predicted molar refractivity (Wildman–Crippen MR) is 68.4 cm³/mol. The third kappa shape index (κ3) is 1.61. The number of nitrogens with two attached hydrogens (primary N) is 1. The molecule has 1 aliphatic heterocycles. The van der Waals surface area contributed by atoms with Gasteiger partial charge in [-0.25, -0.2) is 0 Å². The molecule has 2 rings (SSSR count). The summed E-state index contributed by atoms with van der Waals surface area (Å²) in [5.74, 6) is -3.76. The standard InChI is InChI=1S/C14H16N4O3/c1-9-12(6-15,7-16)13(8-17,11(18)19)10-4-2-3-5-14(10,20)21-9/h9-10,20H,2-5H2,1H3,(H2,18,19)/t9-,10-,13+,14-/m0/s1. The molecule has 7 nitrogen and oxygen atoms in total. The topological polar surface area (TPSA) is 144 Å². The summed E-state index contributed by atoms with van der Waals surface area (Å²) in [5, 5.41) is 39.4. The Morgan fingerprint density at radius 3 is 2.38 bits per heavy atom. The molecule has 3 N–H and O–H groups in total. The van der Waals surface area contributed by atoms with E-state index >= 15 is 0 Å². The van der Waals surface area contributed by atoms with E-state index in [0.29, 0.717) is 19.3 Å². The summed E-state index contributed by atoms with van der Waals surface area (Å²) in [6.45, 7) is 1.41. The number of aliphatic hydroxyl groups is 1. The lowest BCUT2D eigenvalue weighted by Crippen LogP contribution is -2.70. The molecule has 0 aromatic rings. The van der Waals surface area contributed by atoms with Gasteiger partial charge in [-0.15, -0.1) is 0 Å². The van der Waals surface area contributed by atoms with E-state index in [2.05, 4.69) is 0 Å². The molecule has 1 aliphatic carbocycles. The molecule has 110 valence electrons. The number of primary amides is 1. The van der Waals surface area contributed by atoms with Gasteiger partial charge in [0.2, 0.25) is 5.91 Å². The summed E-state index contributed by atoms with van der Waals surface area (Å²) in [6, 6.07) is 5.34. The van der Waals surface area contributed by atoms with Crippen molar-refractivity contribution in [1.82, 2.24) is 0 Å². The van der Waals surface area contributed by atoms with Crippen LogP contribution in [-0.4, -0.2) is 22.9 Å². The Kier molecular flexibility index (Phi) is 3.41. The number of ether oxygens (including phenoxy) is 1. The molecular formula is C14H16N4O3. The van der Waals surface area contributed by atoms with Gasteiger partial charge in [-0.2, -0.15) is 15.8 Å². The minimum absolute atomic E-state index is 0.242. The molecule has 0 bridgehead atoms. The summed E-state index contributed by atoms with van der Waals surface area (Å²) >= 11 is 0. The second-order valence-electron chi connectivity index (χ2n) is 5.72. The zero-order valence-corrected chi connectivity index (χ0v) is 11.7. The normalized spacial score (nSPS) is 40.9. The minimum Gasteiger partial charge on any atom is -0.368 e. The average molecular weight is 288 g/mol. The van der Waals surface area contributed by atoms with E-state index in [9.17, 15) is 25.7 Å². The number of nitrogens with zero attached hydrogens (tertiary/aromatic N) is 3. The van der Waals surface area contributed by atoms with E-state index in [1.165, 1.54) is 6.92 Å². The van der Waals surface area contributed by atoms with Crippen LogP contribution in [0.5, 0.6) is 0 Å². The Morgan fingerprint density at radius 1 is 1.29 bits per heavy atom. The van der Waals surface area contributed by atoms with Gasteiger partial charge in [-0.05, 0) is 19.8 Å². The quantitative estimate of drug-likeness (QED) is 0.710. The SMILES string of the molecule is C[C@@H]1O[C@@]2(O)CCCC[C@H]2[C@](C#N)(C(N)=O)C1(C#N)C#N. The van der Waals surface area contributed by atoms with Gasteiger partial charge in [0.25, 0.3) is 0 Å². The first-order chi connectivity index (χ1) is 9.84. The molecule has 1 heterocycles. The Labute approximate surface area is 122 Å². The molecule has 4 atom stereocenters. The molecule has 0 aromatic carbocycles. The first-order valence-corrected chi connectivity index (χ1v) is 6.78. The van der Waals surface area contributed by atoms with E-state index in [1.807, 2.05) is 0 Å². The first-order valence-electron chi connectivity index (χ1n) is 6.78. The van der Waals surface area contributed by atoms with Crippen molar-refractivity contribution in [1.29, 1.82) is 15.8 Å². The van der Waals surface area contributed by atoms with Crippen LogP contribution in [0.4, 0.5) is 0 Å². The molecule has 0 spiro atoms. The molecule has 1 saturated heterocycles. The number of fused-ring (bicyclic) bond motifs is 1. The molecule has 1 amide bonds. The summed E-state index contributed by atoms with van der Waals surface area (Å²) in [5.41, 5.74) is 1.30. The van der Waals surface area contributed by atoms with Crippen molar-refractivity contribution in [3.63, 3.8) is 0 Å². The zero-order chi connectivity index (χ0) is 15.9. The van der Waals surface area contributed by atoms with Crippen LogP contribution < -0.4 is 5.73 Å². The highest BCUT2D eigenvalue weighted by molar-refractivity contribution is 5.87. The van der Waals surface area contributed by atoms with Gasteiger partial charge in [0.05, 0.1) is 24.3 Å². The maximum absolute atomic E-state index is 12.1. The second-order valence-corrected chi connectivity index (χ2v) is 5.72. The zero-order valence-electron chi connectivity index (χ0n) is 11.7. The Bertz CT molecular complexity index is 585. The molecule has 0 aromatic heterocycles. The summed E-state index contributed by atoms with van der Waals surface area (Å²) in [7, 11) is 0. The average Bonchev–Trinajstić information content (AvgIpc) is 2.45. The van der Waals surface area contributed by atoms with Gasteiger partial charge in [0, 0.05) is 12.3 Å². The highest BCUT2D eigenvalue weighted by atomic mass is 16.6. The van der Waals surface area contributed by atoms with Crippen LogP contribution in [0.15, 0.2) is 0 Å². The highest BCUT2D eigenvalue weighted by Crippen LogP contribution is 2.59. The molecule has 2 aliphatic rings. The number of hydrogen-bond acceptors (Lipinski definition) is 6. The number of nitriles is 3. The molecule has 0 unspecified atom stereocenters. The highest BCUT2D eigenvalue weighted by Gasteiger charge is 2.73. The van der Waals surface area contributed by atoms with Crippen LogP contribution >= 0.6 is 0 Å². The predicted octanol–water partition coefficient (Wildman–Crippen LogP) is 0.313. The van der Waals surface area contributed by atoms with Crippen molar-refractivity contribution in [2.24, 2.45) is 22.5 Å². The summed E-state index contributed by atoms with van der Waals surface area (Å²) in [6.07, 6.45) is 0.760. The number of amides is 1. The Balaban J connectivity index is 2.77. The number of carbonyl (C=O) groups is 1. The van der Waals surface area contributed by atoms with Crippen LogP contribution in [0.1, 0.15) is 32.6 Å². The fourth-order valence-corrected chi connectivity index (χ4v) is 3.78. The smallest absolute Gasteiger partial charge is 0.241 e. The van der Waals surface area contributed by atoms with Crippen molar-refractivity contribution in [3.8, 4) is 18.2 Å². The number of rotatable bonds is 1. The van der Waals surface area contributed by atoms with Gasteiger partial charge in [0.1, 0.15) is 0 Å². The molecule has 2 fully saturated rings. The van der Waals surface area contributed by atoms with Crippen molar-refractivity contribution in [2.45, 2.75) is 44.5 Å². The fourth-order valence-electron chi connectivity index (χ4n) is 3.78. The molecule has 7 heteroatoms. The van der Waals surface area contributed by atoms with E-state index in [4.69, 9.17) is 10.5 Å². The lowest BCUT2D eigenvalue weighted by Gasteiger charge is -2.56. The third-order valence-electron chi connectivity index (χ3n) is 4.88.